The van der Waals surface area contributed by atoms with Gasteiger partial charge in [-0.2, -0.15) is 4.31 Å². The van der Waals surface area contributed by atoms with E-state index >= 15 is 0 Å². The summed E-state index contributed by atoms with van der Waals surface area (Å²) in [5, 5.41) is 2.65. The summed E-state index contributed by atoms with van der Waals surface area (Å²) >= 11 is 1.53. The van der Waals surface area contributed by atoms with Gasteiger partial charge in [0.1, 0.15) is 5.75 Å². The largest absolute Gasteiger partial charge is 0.495 e. The van der Waals surface area contributed by atoms with E-state index in [1.165, 1.54) is 24.9 Å². The third-order valence-electron chi connectivity index (χ3n) is 5.57. The van der Waals surface area contributed by atoms with E-state index < -0.39 is 10.0 Å². The topological polar surface area (TPSA) is 75.7 Å². The lowest BCUT2D eigenvalue weighted by Crippen LogP contribution is -2.32. The molecule has 2 aromatic carbocycles. The molecule has 160 valence electrons. The second kappa shape index (κ2) is 8.99. The summed E-state index contributed by atoms with van der Waals surface area (Å²) in [4.78, 5) is 14.2. The van der Waals surface area contributed by atoms with Crippen molar-refractivity contribution in [1.82, 2.24) is 4.31 Å². The second-order valence-corrected chi connectivity index (χ2v) is 10.8. The molecule has 1 N–H and O–H groups in total. The molecule has 2 aliphatic heterocycles. The fourth-order valence-corrected chi connectivity index (χ4v) is 6.66. The minimum absolute atomic E-state index is 0.154. The zero-order valence-electron chi connectivity index (χ0n) is 17.0. The first-order valence-corrected chi connectivity index (χ1v) is 12.5. The van der Waals surface area contributed by atoms with Gasteiger partial charge in [-0.05, 0) is 49.1 Å². The van der Waals surface area contributed by atoms with Gasteiger partial charge in [-0.25, -0.2) is 8.42 Å². The van der Waals surface area contributed by atoms with Crippen LogP contribution in [0.2, 0.25) is 0 Å². The molecule has 6 nitrogen and oxygen atoms in total. The molecule has 1 saturated heterocycles. The Morgan fingerprint density at radius 3 is 2.53 bits per heavy atom. The van der Waals surface area contributed by atoms with Gasteiger partial charge in [-0.1, -0.05) is 31.0 Å². The second-order valence-electron chi connectivity index (χ2n) is 7.59. The van der Waals surface area contributed by atoms with E-state index in [4.69, 9.17) is 4.74 Å². The first kappa shape index (κ1) is 21.2. The number of sulfonamides is 1. The van der Waals surface area contributed by atoms with Crippen LogP contribution in [-0.4, -0.2) is 44.1 Å². The first-order chi connectivity index (χ1) is 14.5. The zero-order valence-corrected chi connectivity index (χ0v) is 18.6. The molecule has 1 amide bonds. The quantitative estimate of drug-likeness (QED) is 0.754. The van der Waals surface area contributed by atoms with E-state index in [0.29, 0.717) is 30.9 Å². The molecule has 0 spiro atoms. The van der Waals surface area contributed by atoms with Gasteiger partial charge < -0.3 is 10.1 Å². The summed E-state index contributed by atoms with van der Waals surface area (Å²) in [6, 6.07) is 12.7. The molecule has 4 rings (SSSR count). The monoisotopic (exact) mass is 446 g/mol. The number of benzene rings is 2. The van der Waals surface area contributed by atoms with Crippen LogP contribution in [-0.2, 0) is 21.2 Å². The number of nitrogens with zero attached hydrogens (tertiary/aromatic N) is 1. The Morgan fingerprint density at radius 2 is 1.83 bits per heavy atom. The van der Waals surface area contributed by atoms with Crippen LogP contribution in [0.3, 0.4) is 0 Å². The summed E-state index contributed by atoms with van der Waals surface area (Å²) in [5.41, 5.74) is 1.54. The van der Waals surface area contributed by atoms with Crippen molar-refractivity contribution in [3.63, 3.8) is 0 Å². The molecular weight excluding hydrogens is 420 g/mol. The Labute approximate surface area is 182 Å². The highest BCUT2D eigenvalue weighted by Crippen LogP contribution is 2.38. The Hall–Kier alpha value is -2.03. The number of carbonyl (C=O) groups excluding carboxylic acids is 1. The maximum absolute atomic E-state index is 13.2. The van der Waals surface area contributed by atoms with Gasteiger partial charge in [0, 0.05) is 18.0 Å². The molecule has 2 heterocycles. The van der Waals surface area contributed by atoms with Gasteiger partial charge in [-0.3, -0.25) is 4.79 Å². The Morgan fingerprint density at radius 1 is 1.10 bits per heavy atom. The van der Waals surface area contributed by atoms with Crippen LogP contribution in [0.4, 0.5) is 5.69 Å². The normalized spacial score (nSPS) is 19.7. The Bertz CT molecular complexity index is 1010. The molecule has 0 radical (unpaired) electrons. The van der Waals surface area contributed by atoms with Gasteiger partial charge in [0.2, 0.25) is 15.9 Å². The van der Waals surface area contributed by atoms with Crippen LogP contribution in [0, 0.1) is 0 Å². The average Bonchev–Trinajstić information content (AvgIpc) is 2.99. The SMILES string of the molecule is COc1ccc(S(=O)(=O)N2CCCCCC2)cc1NC(=O)C1Cc2ccccc2S1. The number of carbonyl (C=O) groups is 1. The zero-order chi connectivity index (χ0) is 21.1. The number of ether oxygens (including phenoxy) is 1. The predicted octanol–water partition coefficient (Wildman–Crippen LogP) is 3.92. The molecular formula is C22H26N2O4S2. The third-order valence-corrected chi connectivity index (χ3v) is 8.78. The molecule has 2 aromatic rings. The van der Waals surface area contributed by atoms with Crippen molar-refractivity contribution < 1.29 is 17.9 Å². The number of fused-ring (bicyclic) bond motifs is 1. The molecule has 0 aromatic heterocycles. The molecule has 0 saturated carbocycles. The van der Waals surface area contributed by atoms with Crippen LogP contribution in [0.5, 0.6) is 5.75 Å². The van der Waals surface area contributed by atoms with E-state index in [1.54, 1.807) is 16.4 Å². The summed E-state index contributed by atoms with van der Waals surface area (Å²) in [7, 11) is -2.10. The Kier molecular flexibility index (Phi) is 6.36. The lowest BCUT2D eigenvalue weighted by Gasteiger charge is -2.21. The maximum Gasteiger partial charge on any atom is 0.243 e. The predicted molar refractivity (Wildman–Crippen MR) is 119 cm³/mol. The lowest BCUT2D eigenvalue weighted by atomic mass is 10.1. The number of thioether (sulfide) groups is 1. The third kappa shape index (κ3) is 4.36. The van der Waals surface area contributed by atoms with Gasteiger partial charge in [0.15, 0.2) is 0 Å². The maximum atomic E-state index is 13.2. The smallest absolute Gasteiger partial charge is 0.243 e. The summed E-state index contributed by atoms with van der Waals surface area (Å²) in [5.74, 6) is 0.289. The van der Waals surface area contributed by atoms with Crippen molar-refractivity contribution in [2.45, 2.75) is 47.1 Å². The highest BCUT2D eigenvalue weighted by atomic mass is 32.2. The van der Waals surface area contributed by atoms with Gasteiger partial charge >= 0.3 is 0 Å². The number of methoxy groups -OCH3 is 1. The van der Waals surface area contributed by atoms with Crippen molar-refractivity contribution >= 4 is 33.4 Å². The number of nitrogens with one attached hydrogen (secondary N) is 1. The van der Waals surface area contributed by atoms with Crippen molar-refractivity contribution in [3.8, 4) is 5.75 Å². The van der Waals surface area contributed by atoms with Crippen molar-refractivity contribution in [2.24, 2.45) is 0 Å². The minimum atomic E-state index is -3.61. The van der Waals surface area contributed by atoms with Crippen LogP contribution in [0.1, 0.15) is 31.2 Å². The van der Waals surface area contributed by atoms with Crippen LogP contribution in [0.15, 0.2) is 52.3 Å². The molecule has 0 bridgehead atoms. The molecule has 0 aliphatic carbocycles. The van der Waals surface area contributed by atoms with Crippen LogP contribution >= 0.6 is 11.8 Å². The van der Waals surface area contributed by atoms with Gasteiger partial charge in [0.25, 0.3) is 0 Å². The molecule has 1 atom stereocenters. The van der Waals surface area contributed by atoms with E-state index in [-0.39, 0.29) is 16.1 Å². The highest BCUT2D eigenvalue weighted by Gasteiger charge is 2.30. The Balaban J connectivity index is 1.55. The van der Waals surface area contributed by atoms with Gasteiger partial charge in [0.05, 0.1) is 22.9 Å². The number of rotatable bonds is 5. The van der Waals surface area contributed by atoms with Crippen molar-refractivity contribution in [1.29, 1.82) is 0 Å². The lowest BCUT2D eigenvalue weighted by molar-refractivity contribution is -0.115. The molecule has 30 heavy (non-hydrogen) atoms. The summed E-state index contributed by atoms with van der Waals surface area (Å²) in [6.45, 7) is 1.07. The first-order valence-electron chi connectivity index (χ1n) is 10.2. The van der Waals surface area contributed by atoms with Crippen LogP contribution < -0.4 is 10.1 Å². The fraction of sp³-hybridized carbons (Fsp3) is 0.409. The highest BCUT2D eigenvalue weighted by molar-refractivity contribution is 8.01. The van der Waals surface area contributed by atoms with Crippen molar-refractivity contribution in [2.75, 3.05) is 25.5 Å². The number of hydrogen-bond acceptors (Lipinski definition) is 5. The molecule has 1 unspecified atom stereocenters. The minimum Gasteiger partial charge on any atom is -0.495 e. The molecule has 8 heteroatoms. The standard InChI is InChI=1S/C22H26N2O4S2/c1-28-19-11-10-17(30(26,27)24-12-6-2-3-7-13-24)15-18(19)23-22(25)21-14-16-8-4-5-9-20(16)29-21/h4-5,8-11,15,21H,2-3,6-7,12-14H2,1H3,(H,23,25). The van der Waals surface area contributed by atoms with E-state index in [0.717, 1.165) is 36.1 Å². The number of amides is 1. The molecule has 1 fully saturated rings. The average molecular weight is 447 g/mol. The van der Waals surface area contributed by atoms with E-state index in [2.05, 4.69) is 5.32 Å². The van der Waals surface area contributed by atoms with E-state index in [9.17, 15) is 13.2 Å². The van der Waals surface area contributed by atoms with E-state index in [1.807, 2.05) is 24.3 Å². The summed E-state index contributed by atoms with van der Waals surface area (Å²) < 4.78 is 33.2. The van der Waals surface area contributed by atoms with Crippen LogP contribution in [0.25, 0.3) is 0 Å². The molecule has 2 aliphatic rings. The fourth-order valence-electron chi connectivity index (χ4n) is 3.92. The number of hydrogen-bond donors (Lipinski definition) is 1. The summed E-state index contributed by atoms with van der Waals surface area (Å²) in [6.07, 6.45) is 4.51. The van der Waals surface area contributed by atoms with Crippen molar-refractivity contribution in [3.05, 3.63) is 48.0 Å². The van der Waals surface area contributed by atoms with Gasteiger partial charge in [-0.15, -0.1) is 11.8 Å². The number of anilines is 1.